The zero-order valence-corrected chi connectivity index (χ0v) is 22.0. The first kappa shape index (κ1) is 26.5. The molecule has 3 aromatic carbocycles. The standard InChI is InChI=1S/C29H26F2N6O3/c1-4-40-17-13-21(30)20(22(31)14-17)16-37-24-12-8-6-10-19(24)26(36-37)28-33-15-25(39-3)27(35-28)34-23-11-7-5-9-18(23)29(38)32-2/h5-15H,4,16H2,1-3H3,(H,32,38)(H,33,34,35). The van der Waals surface area contributed by atoms with E-state index in [1.807, 2.05) is 18.2 Å². The van der Waals surface area contributed by atoms with Crippen molar-refractivity contribution in [3.63, 3.8) is 0 Å². The number of hydrogen-bond donors (Lipinski definition) is 2. The lowest BCUT2D eigenvalue weighted by Gasteiger charge is -2.13. The minimum Gasteiger partial charge on any atom is -0.494 e. The number of fused-ring (bicyclic) bond motifs is 1. The first-order chi connectivity index (χ1) is 19.4. The number of carbonyl (C=O) groups is 1. The fourth-order valence-electron chi connectivity index (χ4n) is 4.32. The molecule has 0 atom stereocenters. The fraction of sp³-hybridized carbons (Fsp3) is 0.172. The highest BCUT2D eigenvalue weighted by Crippen LogP contribution is 2.32. The number of para-hydroxylation sites is 2. The molecular weight excluding hydrogens is 518 g/mol. The smallest absolute Gasteiger partial charge is 0.253 e. The third-order valence-corrected chi connectivity index (χ3v) is 6.23. The van der Waals surface area contributed by atoms with Crippen molar-refractivity contribution in [2.75, 3.05) is 26.1 Å². The van der Waals surface area contributed by atoms with Crippen LogP contribution in [0.5, 0.6) is 11.5 Å². The molecule has 5 rings (SSSR count). The summed E-state index contributed by atoms with van der Waals surface area (Å²) in [6.45, 7) is 1.87. The van der Waals surface area contributed by atoms with E-state index >= 15 is 0 Å². The van der Waals surface area contributed by atoms with Crippen LogP contribution >= 0.6 is 0 Å². The van der Waals surface area contributed by atoms with E-state index in [4.69, 9.17) is 9.47 Å². The molecule has 0 spiro atoms. The third-order valence-electron chi connectivity index (χ3n) is 6.23. The normalized spacial score (nSPS) is 10.9. The van der Waals surface area contributed by atoms with Crippen LogP contribution in [0.1, 0.15) is 22.8 Å². The average molecular weight is 545 g/mol. The number of anilines is 2. The quantitative estimate of drug-likeness (QED) is 0.259. The topological polar surface area (TPSA) is 103 Å². The Bertz CT molecular complexity index is 1680. The van der Waals surface area contributed by atoms with E-state index in [1.54, 1.807) is 44.3 Å². The van der Waals surface area contributed by atoms with Gasteiger partial charge >= 0.3 is 0 Å². The van der Waals surface area contributed by atoms with Crippen molar-refractivity contribution in [3.05, 3.63) is 89.6 Å². The van der Waals surface area contributed by atoms with Crippen molar-refractivity contribution in [2.45, 2.75) is 13.5 Å². The predicted molar refractivity (Wildman–Crippen MR) is 147 cm³/mol. The summed E-state index contributed by atoms with van der Waals surface area (Å²) >= 11 is 0. The van der Waals surface area contributed by atoms with Gasteiger partial charge in [-0.2, -0.15) is 5.10 Å². The molecule has 5 aromatic rings. The molecule has 0 saturated heterocycles. The van der Waals surface area contributed by atoms with Crippen molar-refractivity contribution in [3.8, 4) is 23.0 Å². The summed E-state index contributed by atoms with van der Waals surface area (Å²) in [6.07, 6.45) is 1.49. The number of methoxy groups -OCH3 is 1. The van der Waals surface area contributed by atoms with Gasteiger partial charge in [-0.05, 0) is 25.1 Å². The second kappa shape index (κ2) is 11.4. The Morgan fingerprint density at radius 1 is 1.05 bits per heavy atom. The fourth-order valence-corrected chi connectivity index (χ4v) is 4.32. The van der Waals surface area contributed by atoms with Crippen LogP contribution < -0.4 is 20.1 Å². The SMILES string of the molecule is CCOc1cc(F)c(Cn2nc(-c3ncc(OC)c(Nc4ccccc4C(=O)NC)n3)c3ccccc32)c(F)c1. The highest BCUT2D eigenvalue weighted by Gasteiger charge is 2.20. The molecule has 0 aliphatic carbocycles. The lowest BCUT2D eigenvalue weighted by Crippen LogP contribution is -2.19. The van der Waals surface area contributed by atoms with Crippen LogP contribution in [0.15, 0.2) is 66.9 Å². The maximum Gasteiger partial charge on any atom is 0.253 e. The van der Waals surface area contributed by atoms with Crippen molar-refractivity contribution < 1.29 is 23.0 Å². The van der Waals surface area contributed by atoms with Gasteiger partial charge in [-0.1, -0.05) is 30.3 Å². The highest BCUT2D eigenvalue weighted by atomic mass is 19.1. The summed E-state index contributed by atoms with van der Waals surface area (Å²) in [6, 6.07) is 16.6. The lowest BCUT2D eigenvalue weighted by molar-refractivity contribution is 0.0964. The number of halogens is 2. The summed E-state index contributed by atoms with van der Waals surface area (Å²) in [4.78, 5) is 21.5. The monoisotopic (exact) mass is 544 g/mol. The Balaban J connectivity index is 1.56. The number of amides is 1. The molecule has 0 bridgehead atoms. The van der Waals surface area contributed by atoms with Crippen LogP contribution in [0.4, 0.5) is 20.3 Å². The molecular formula is C29H26F2N6O3. The van der Waals surface area contributed by atoms with E-state index in [0.717, 1.165) is 12.1 Å². The van der Waals surface area contributed by atoms with E-state index in [0.29, 0.717) is 46.0 Å². The zero-order valence-electron chi connectivity index (χ0n) is 22.0. The van der Waals surface area contributed by atoms with E-state index in [-0.39, 0.29) is 29.6 Å². The predicted octanol–water partition coefficient (Wildman–Crippen LogP) is 5.33. The van der Waals surface area contributed by atoms with Gasteiger partial charge in [0.15, 0.2) is 17.4 Å². The van der Waals surface area contributed by atoms with Crippen LogP contribution in [0.3, 0.4) is 0 Å². The maximum absolute atomic E-state index is 14.9. The Kier molecular flexibility index (Phi) is 7.54. The van der Waals surface area contributed by atoms with Gasteiger partial charge < -0.3 is 20.1 Å². The van der Waals surface area contributed by atoms with Crippen molar-refractivity contribution in [2.24, 2.45) is 0 Å². The van der Waals surface area contributed by atoms with Crippen LogP contribution in [0.25, 0.3) is 22.4 Å². The summed E-state index contributed by atoms with van der Waals surface area (Å²) in [5, 5.41) is 11.1. The summed E-state index contributed by atoms with van der Waals surface area (Å²) < 4.78 is 42.0. The second-order valence-electron chi connectivity index (χ2n) is 8.68. The van der Waals surface area contributed by atoms with Crippen LogP contribution in [-0.2, 0) is 6.54 Å². The van der Waals surface area contributed by atoms with Crippen LogP contribution in [-0.4, -0.2) is 46.4 Å². The van der Waals surface area contributed by atoms with Gasteiger partial charge in [0.1, 0.15) is 23.1 Å². The zero-order chi connectivity index (χ0) is 28.2. The molecule has 0 fully saturated rings. The van der Waals surface area contributed by atoms with Gasteiger partial charge in [0.25, 0.3) is 5.91 Å². The Morgan fingerprint density at radius 3 is 2.50 bits per heavy atom. The van der Waals surface area contributed by atoms with E-state index in [9.17, 15) is 13.6 Å². The third kappa shape index (κ3) is 5.13. The Hall–Kier alpha value is -5.06. The molecule has 2 heterocycles. The van der Waals surface area contributed by atoms with Gasteiger partial charge in [-0.15, -0.1) is 0 Å². The Labute approximate surface area is 228 Å². The first-order valence-corrected chi connectivity index (χ1v) is 12.5. The van der Waals surface area contributed by atoms with Gasteiger partial charge in [0.05, 0.1) is 43.2 Å². The molecule has 0 aliphatic rings. The van der Waals surface area contributed by atoms with E-state index in [2.05, 4.69) is 25.7 Å². The van der Waals surface area contributed by atoms with E-state index in [1.165, 1.54) is 18.0 Å². The van der Waals surface area contributed by atoms with Crippen LogP contribution in [0.2, 0.25) is 0 Å². The number of carbonyl (C=O) groups excluding carboxylic acids is 1. The molecule has 0 radical (unpaired) electrons. The molecule has 0 unspecified atom stereocenters. The number of nitrogens with zero attached hydrogens (tertiary/aromatic N) is 4. The van der Waals surface area contributed by atoms with Gasteiger partial charge in [-0.3, -0.25) is 9.48 Å². The van der Waals surface area contributed by atoms with Crippen molar-refractivity contribution in [1.29, 1.82) is 0 Å². The highest BCUT2D eigenvalue weighted by molar-refractivity contribution is 6.00. The van der Waals surface area contributed by atoms with E-state index < -0.39 is 11.6 Å². The Morgan fingerprint density at radius 2 is 1.77 bits per heavy atom. The summed E-state index contributed by atoms with van der Waals surface area (Å²) in [5.41, 5.74) is 1.84. The van der Waals surface area contributed by atoms with Crippen molar-refractivity contribution in [1.82, 2.24) is 25.1 Å². The summed E-state index contributed by atoms with van der Waals surface area (Å²) in [7, 11) is 3.03. The number of benzene rings is 3. The minimum absolute atomic E-state index is 0.122. The molecule has 9 nitrogen and oxygen atoms in total. The molecule has 0 saturated carbocycles. The summed E-state index contributed by atoms with van der Waals surface area (Å²) in [5.74, 6) is -0.697. The molecule has 1 amide bonds. The molecule has 0 aliphatic heterocycles. The number of nitrogens with one attached hydrogen (secondary N) is 2. The average Bonchev–Trinajstić information content (AvgIpc) is 3.33. The number of hydrogen-bond acceptors (Lipinski definition) is 7. The largest absolute Gasteiger partial charge is 0.494 e. The minimum atomic E-state index is -0.730. The molecule has 2 aromatic heterocycles. The molecule has 40 heavy (non-hydrogen) atoms. The number of rotatable bonds is 9. The molecule has 2 N–H and O–H groups in total. The van der Waals surface area contributed by atoms with Crippen molar-refractivity contribution >= 4 is 28.3 Å². The second-order valence-corrected chi connectivity index (χ2v) is 8.68. The van der Waals surface area contributed by atoms with Gasteiger partial charge in [0.2, 0.25) is 0 Å². The lowest BCUT2D eigenvalue weighted by atomic mass is 10.1. The number of aromatic nitrogens is 4. The maximum atomic E-state index is 14.9. The number of ether oxygens (including phenoxy) is 2. The van der Waals surface area contributed by atoms with Crippen LogP contribution in [0, 0.1) is 11.6 Å². The van der Waals surface area contributed by atoms with Gasteiger partial charge in [0, 0.05) is 30.1 Å². The first-order valence-electron chi connectivity index (χ1n) is 12.5. The molecule has 11 heteroatoms. The van der Waals surface area contributed by atoms with Gasteiger partial charge in [-0.25, -0.2) is 18.7 Å². The molecule has 204 valence electrons.